The largest absolute Gasteiger partial charge is 0.469 e. The second-order valence-corrected chi connectivity index (χ2v) is 15.6. The highest BCUT2D eigenvalue weighted by Crippen LogP contribution is 2.36. The molecule has 0 heterocycles. The van der Waals surface area contributed by atoms with Crippen molar-refractivity contribution in [1.82, 2.24) is 0 Å². The SMILES string of the molecule is CCCCC/C=C\C/C=C\C/C=C\C/C=C\CCCCCC(=O)O[C@H](COC(=O)CCCCCCCCCCCCCCCCCC)COP(=O)(O)O. The van der Waals surface area contributed by atoms with Crippen LogP contribution in [0, 0.1) is 0 Å². The molecule has 308 valence electrons. The van der Waals surface area contributed by atoms with Crippen LogP contribution in [0.4, 0.5) is 0 Å². The zero-order chi connectivity index (χ0) is 38.9. The number of ether oxygens (including phenoxy) is 2. The predicted molar refractivity (Wildman–Crippen MR) is 221 cm³/mol. The van der Waals surface area contributed by atoms with Crippen LogP contribution in [0.15, 0.2) is 48.6 Å². The summed E-state index contributed by atoms with van der Waals surface area (Å²) in [4.78, 5) is 42.9. The molecule has 0 bridgehead atoms. The van der Waals surface area contributed by atoms with E-state index in [0.717, 1.165) is 57.8 Å². The van der Waals surface area contributed by atoms with Crippen molar-refractivity contribution < 1.29 is 37.9 Å². The molecular weight excluding hydrogens is 687 g/mol. The molecule has 1 atom stereocenters. The molecule has 0 saturated heterocycles. The Labute approximate surface area is 324 Å². The lowest BCUT2D eigenvalue weighted by molar-refractivity contribution is -0.161. The summed E-state index contributed by atoms with van der Waals surface area (Å²) in [6, 6.07) is 0. The fourth-order valence-electron chi connectivity index (χ4n) is 5.89. The summed E-state index contributed by atoms with van der Waals surface area (Å²) in [5.41, 5.74) is 0. The van der Waals surface area contributed by atoms with Crippen molar-refractivity contribution in [3.63, 3.8) is 0 Å². The second-order valence-electron chi connectivity index (χ2n) is 14.3. The van der Waals surface area contributed by atoms with E-state index >= 15 is 0 Å². The number of rotatable bonds is 39. The average Bonchev–Trinajstić information content (AvgIpc) is 3.13. The third-order valence-electron chi connectivity index (χ3n) is 9.10. The van der Waals surface area contributed by atoms with E-state index in [9.17, 15) is 14.2 Å². The summed E-state index contributed by atoms with van der Waals surface area (Å²) in [6.07, 6.45) is 48.3. The van der Waals surface area contributed by atoms with Gasteiger partial charge < -0.3 is 19.3 Å². The first-order valence-corrected chi connectivity index (χ1v) is 23.0. The van der Waals surface area contributed by atoms with Gasteiger partial charge in [0.15, 0.2) is 6.10 Å². The Morgan fingerprint density at radius 2 is 0.849 bits per heavy atom. The van der Waals surface area contributed by atoms with E-state index in [1.165, 1.54) is 109 Å². The lowest BCUT2D eigenvalue weighted by Crippen LogP contribution is -2.29. The van der Waals surface area contributed by atoms with Gasteiger partial charge in [-0.05, 0) is 57.8 Å². The highest BCUT2D eigenvalue weighted by atomic mass is 31.2. The molecule has 0 saturated carbocycles. The molecule has 2 N–H and O–H groups in total. The van der Waals surface area contributed by atoms with Crippen LogP contribution in [0.25, 0.3) is 0 Å². The molecule has 0 aliphatic heterocycles. The van der Waals surface area contributed by atoms with E-state index < -0.39 is 32.5 Å². The number of phosphoric acid groups is 1. The van der Waals surface area contributed by atoms with E-state index in [1.807, 2.05) is 0 Å². The first-order chi connectivity index (χ1) is 25.8. The average molecular weight is 767 g/mol. The summed E-state index contributed by atoms with van der Waals surface area (Å²) in [6.45, 7) is 3.64. The van der Waals surface area contributed by atoms with Crippen LogP contribution >= 0.6 is 7.82 Å². The van der Waals surface area contributed by atoms with Crippen LogP contribution in [0.3, 0.4) is 0 Å². The molecule has 0 radical (unpaired) electrons. The van der Waals surface area contributed by atoms with E-state index in [4.69, 9.17) is 19.3 Å². The fraction of sp³-hybridized carbons (Fsp3) is 0.773. The van der Waals surface area contributed by atoms with Crippen molar-refractivity contribution in [2.24, 2.45) is 0 Å². The van der Waals surface area contributed by atoms with Gasteiger partial charge in [-0.25, -0.2) is 4.57 Å². The molecule has 8 nitrogen and oxygen atoms in total. The maximum absolute atomic E-state index is 12.4. The van der Waals surface area contributed by atoms with Crippen molar-refractivity contribution >= 4 is 19.8 Å². The van der Waals surface area contributed by atoms with Crippen molar-refractivity contribution in [3.05, 3.63) is 48.6 Å². The molecule has 0 unspecified atom stereocenters. The van der Waals surface area contributed by atoms with Crippen molar-refractivity contribution in [2.45, 2.75) is 206 Å². The highest BCUT2D eigenvalue weighted by molar-refractivity contribution is 7.46. The molecular formula is C44H79O8P. The van der Waals surface area contributed by atoms with Gasteiger partial charge in [-0.2, -0.15) is 0 Å². The normalized spacial score (nSPS) is 12.9. The summed E-state index contributed by atoms with van der Waals surface area (Å²) >= 11 is 0. The molecule has 0 fully saturated rings. The van der Waals surface area contributed by atoms with Crippen LogP contribution in [0.1, 0.15) is 200 Å². The Bertz CT molecular complexity index is 999. The lowest BCUT2D eigenvalue weighted by atomic mass is 10.0. The van der Waals surface area contributed by atoms with Crippen LogP contribution in [0.2, 0.25) is 0 Å². The van der Waals surface area contributed by atoms with Crippen LogP contribution < -0.4 is 0 Å². The van der Waals surface area contributed by atoms with Gasteiger partial charge in [-0.1, -0.05) is 178 Å². The van der Waals surface area contributed by atoms with Crippen LogP contribution in [-0.4, -0.2) is 41.0 Å². The number of hydrogen-bond acceptors (Lipinski definition) is 6. The molecule has 0 aliphatic rings. The summed E-state index contributed by atoms with van der Waals surface area (Å²) in [5.74, 6) is -0.916. The zero-order valence-corrected chi connectivity index (χ0v) is 34.8. The maximum Gasteiger partial charge on any atom is 0.469 e. The second kappa shape index (κ2) is 39.7. The number of esters is 2. The lowest BCUT2D eigenvalue weighted by Gasteiger charge is -2.18. The van der Waals surface area contributed by atoms with E-state index in [-0.39, 0.29) is 19.4 Å². The summed E-state index contributed by atoms with van der Waals surface area (Å²) in [5, 5.41) is 0. The summed E-state index contributed by atoms with van der Waals surface area (Å²) < 4.78 is 26.4. The first-order valence-electron chi connectivity index (χ1n) is 21.4. The molecule has 53 heavy (non-hydrogen) atoms. The Hall–Kier alpha value is -1.99. The van der Waals surface area contributed by atoms with Gasteiger partial charge in [0, 0.05) is 12.8 Å². The fourth-order valence-corrected chi connectivity index (χ4v) is 6.25. The number of unbranched alkanes of at least 4 members (excludes halogenated alkanes) is 21. The molecule has 0 spiro atoms. The van der Waals surface area contributed by atoms with Gasteiger partial charge in [0.05, 0.1) is 6.61 Å². The first kappa shape index (κ1) is 51.0. The third-order valence-corrected chi connectivity index (χ3v) is 9.59. The van der Waals surface area contributed by atoms with Crippen LogP contribution in [-0.2, 0) is 28.2 Å². The summed E-state index contributed by atoms with van der Waals surface area (Å²) in [7, 11) is -4.76. The topological polar surface area (TPSA) is 119 Å². The zero-order valence-electron chi connectivity index (χ0n) is 33.9. The molecule has 0 aromatic carbocycles. The van der Waals surface area contributed by atoms with Gasteiger partial charge in [-0.15, -0.1) is 0 Å². The number of allylic oxidation sites excluding steroid dienone is 8. The standard InChI is InChI=1S/C44H79O8P/c1-3-5-7-9-11-13-15-17-19-21-22-23-25-27-29-31-33-35-37-39-44(46)52-42(41-51-53(47,48)49)40-50-43(45)38-36-34-32-30-28-26-24-20-18-16-14-12-10-8-6-4-2/h11,13,17,19,22-23,27,29,42H,3-10,12,14-16,18,20-21,24-26,28,30-41H2,1-2H3,(H2,47,48,49)/b13-11-,19-17-,23-22-,29-27-/t42-/m1/s1. The van der Waals surface area contributed by atoms with Gasteiger partial charge in [-0.3, -0.25) is 14.1 Å². The van der Waals surface area contributed by atoms with Gasteiger partial charge in [0.25, 0.3) is 0 Å². The van der Waals surface area contributed by atoms with Crippen LogP contribution in [0.5, 0.6) is 0 Å². The monoisotopic (exact) mass is 767 g/mol. The molecule has 0 amide bonds. The molecule has 0 aromatic rings. The van der Waals surface area contributed by atoms with Crippen molar-refractivity contribution in [2.75, 3.05) is 13.2 Å². The molecule has 0 rings (SSSR count). The Morgan fingerprint density at radius 3 is 1.30 bits per heavy atom. The minimum absolute atomic E-state index is 0.175. The Kier molecular flexibility index (Phi) is 38.2. The van der Waals surface area contributed by atoms with Crippen molar-refractivity contribution in [1.29, 1.82) is 0 Å². The molecule has 0 aromatic heterocycles. The van der Waals surface area contributed by atoms with E-state index in [2.05, 4.69) is 67.0 Å². The smallest absolute Gasteiger partial charge is 0.462 e. The maximum atomic E-state index is 12.4. The van der Waals surface area contributed by atoms with E-state index in [0.29, 0.717) is 6.42 Å². The Morgan fingerprint density at radius 1 is 0.491 bits per heavy atom. The number of carbonyl (C=O) groups excluding carboxylic acids is 2. The minimum Gasteiger partial charge on any atom is -0.462 e. The Balaban J connectivity index is 3.97. The number of carbonyl (C=O) groups is 2. The van der Waals surface area contributed by atoms with Gasteiger partial charge >= 0.3 is 19.8 Å². The predicted octanol–water partition coefficient (Wildman–Crippen LogP) is 13.1. The number of hydrogen-bond donors (Lipinski definition) is 2. The highest BCUT2D eigenvalue weighted by Gasteiger charge is 2.22. The van der Waals surface area contributed by atoms with Crippen molar-refractivity contribution in [3.8, 4) is 0 Å². The van der Waals surface area contributed by atoms with Gasteiger partial charge in [0.2, 0.25) is 0 Å². The quantitative estimate of drug-likeness (QED) is 0.0275. The third kappa shape index (κ3) is 42.6. The van der Waals surface area contributed by atoms with Gasteiger partial charge in [0.1, 0.15) is 6.61 Å². The molecule has 9 heteroatoms. The minimum atomic E-state index is -4.76. The number of phosphoric ester groups is 1. The van der Waals surface area contributed by atoms with E-state index in [1.54, 1.807) is 0 Å². The molecule has 0 aliphatic carbocycles.